The van der Waals surface area contributed by atoms with Crippen molar-refractivity contribution >= 4 is 28.8 Å². The van der Waals surface area contributed by atoms with Crippen LogP contribution < -0.4 is 5.73 Å². The molecule has 0 amide bonds. The maximum absolute atomic E-state index is 11.3. The molecule has 0 aliphatic heterocycles. The number of nitrogens with two attached hydrogens (primary N) is 1. The molecule has 0 radical (unpaired) electrons. The summed E-state index contributed by atoms with van der Waals surface area (Å²) in [6, 6.07) is 6.09. The number of rotatable bonds is 12. The molecule has 4 heteroatoms. The zero-order valence-corrected chi connectivity index (χ0v) is 24.0. The third kappa shape index (κ3) is 8.87. The van der Waals surface area contributed by atoms with Crippen molar-refractivity contribution in [2.45, 2.75) is 112 Å². The molecule has 0 saturated carbocycles. The van der Waals surface area contributed by atoms with Crippen molar-refractivity contribution in [3.8, 4) is 0 Å². The number of aryl methyl sites for hydroxylation is 2. The summed E-state index contributed by atoms with van der Waals surface area (Å²) in [6.07, 6.45) is 21.2. The van der Waals surface area contributed by atoms with Crippen LogP contribution in [0.5, 0.6) is 0 Å². The summed E-state index contributed by atoms with van der Waals surface area (Å²) in [5.74, 6) is 0.208. The molecular formula is C33H49N3O. The molecule has 202 valence electrons. The highest BCUT2D eigenvalue weighted by atomic mass is 16.1. The van der Waals surface area contributed by atoms with E-state index in [4.69, 9.17) is 11.1 Å². The SMILES string of the molecule is C/C=C(\C1=C(c2c(C)ccc(N)c2C=N)CCCC1)c1ccn(CCC(C)=O)c1.CCCCCCCC. The van der Waals surface area contributed by atoms with Gasteiger partial charge in [0.2, 0.25) is 0 Å². The summed E-state index contributed by atoms with van der Waals surface area (Å²) in [5, 5.41) is 7.93. The van der Waals surface area contributed by atoms with Gasteiger partial charge in [-0.3, -0.25) is 4.79 Å². The molecule has 37 heavy (non-hydrogen) atoms. The molecule has 2 aromatic rings. The predicted molar refractivity (Wildman–Crippen MR) is 161 cm³/mol. The predicted octanol–water partition coefficient (Wildman–Crippen LogP) is 9.15. The van der Waals surface area contributed by atoms with Crippen LogP contribution in [0.1, 0.15) is 121 Å². The van der Waals surface area contributed by atoms with Gasteiger partial charge in [-0.15, -0.1) is 0 Å². The van der Waals surface area contributed by atoms with Gasteiger partial charge >= 0.3 is 0 Å². The Morgan fingerprint density at radius 2 is 1.73 bits per heavy atom. The number of allylic oxidation sites excluding steroid dienone is 4. The van der Waals surface area contributed by atoms with Crippen molar-refractivity contribution in [3.05, 3.63) is 64.5 Å². The van der Waals surface area contributed by atoms with Crippen molar-refractivity contribution in [2.75, 3.05) is 5.73 Å². The van der Waals surface area contributed by atoms with Crippen molar-refractivity contribution in [1.29, 1.82) is 5.41 Å². The third-order valence-electron chi connectivity index (χ3n) is 7.26. The summed E-state index contributed by atoms with van der Waals surface area (Å²) in [7, 11) is 0. The van der Waals surface area contributed by atoms with Crippen LogP contribution >= 0.6 is 0 Å². The zero-order chi connectivity index (χ0) is 27.2. The molecule has 0 spiro atoms. The van der Waals surface area contributed by atoms with Crippen molar-refractivity contribution < 1.29 is 4.79 Å². The van der Waals surface area contributed by atoms with Crippen LogP contribution in [0, 0.1) is 12.3 Å². The van der Waals surface area contributed by atoms with E-state index >= 15 is 0 Å². The molecule has 0 fully saturated rings. The Morgan fingerprint density at radius 3 is 2.32 bits per heavy atom. The molecule has 3 rings (SSSR count). The topological polar surface area (TPSA) is 71.9 Å². The van der Waals surface area contributed by atoms with E-state index in [1.165, 1.54) is 79.0 Å². The Kier molecular flexibility index (Phi) is 13.2. The van der Waals surface area contributed by atoms with Gasteiger partial charge in [0.05, 0.1) is 0 Å². The lowest BCUT2D eigenvalue weighted by atomic mass is 9.79. The minimum atomic E-state index is 0.208. The Bertz CT molecular complexity index is 1080. The number of benzene rings is 1. The van der Waals surface area contributed by atoms with E-state index in [1.807, 2.05) is 6.07 Å². The van der Waals surface area contributed by atoms with E-state index in [-0.39, 0.29) is 5.78 Å². The standard InChI is InChI=1S/C25H31N3O.C8H18/c1-4-20(19-12-14-28(16-19)13-11-18(3)29)21-7-5-6-8-22(21)25-17(2)9-10-24(27)23(25)15-26;1-3-5-7-8-6-4-2/h4,9-10,12,14-16,26H,5-8,11,13,27H2,1-3H3;3-8H2,1-2H3/b20-4-,26-15?;. The molecular weight excluding hydrogens is 454 g/mol. The number of carbonyl (C=O) groups is 1. The largest absolute Gasteiger partial charge is 0.398 e. The first kappa shape index (κ1) is 30.3. The highest BCUT2D eigenvalue weighted by Gasteiger charge is 2.22. The second kappa shape index (κ2) is 16.1. The van der Waals surface area contributed by atoms with Gasteiger partial charge in [-0.05, 0) is 92.0 Å². The number of hydrogen-bond acceptors (Lipinski definition) is 3. The molecule has 1 heterocycles. The Balaban J connectivity index is 0.000000521. The number of carbonyl (C=O) groups excluding carboxylic acids is 1. The number of hydrogen-bond donors (Lipinski definition) is 2. The molecule has 0 atom stereocenters. The number of ketones is 1. The highest BCUT2D eigenvalue weighted by molar-refractivity contribution is 5.98. The highest BCUT2D eigenvalue weighted by Crippen LogP contribution is 2.42. The minimum Gasteiger partial charge on any atom is -0.398 e. The van der Waals surface area contributed by atoms with E-state index in [1.54, 1.807) is 6.92 Å². The number of nitrogens with one attached hydrogen (secondary N) is 1. The monoisotopic (exact) mass is 503 g/mol. The first-order valence-corrected chi connectivity index (χ1v) is 14.3. The molecule has 1 aliphatic rings. The number of nitrogen functional groups attached to an aromatic ring is 1. The van der Waals surface area contributed by atoms with E-state index < -0.39 is 0 Å². The van der Waals surface area contributed by atoms with Crippen molar-refractivity contribution in [1.82, 2.24) is 4.57 Å². The Morgan fingerprint density at radius 1 is 1.05 bits per heavy atom. The fraction of sp³-hybridized carbons (Fsp3) is 0.515. The number of anilines is 1. The third-order valence-corrected chi connectivity index (χ3v) is 7.26. The van der Waals surface area contributed by atoms with Crippen LogP contribution in [0.4, 0.5) is 5.69 Å². The first-order valence-electron chi connectivity index (χ1n) is 14.3. The summed E-state index contributed by atoms with van der Waals surface area (Å²) in [4.78, 5) is 11.3. The average molecular weight is 504 g/mol. The molecule has 1 aromatic heterocycles. The van der Waals surface area contributed by atoms with Gasteiger partial charge in [0.25, 0.3) is 0 Å². The van der Waals surface area contributed by atoms with E-state index in [2.05, 4.69) is 62.9 Å². The van der Waals surface area contributed by atoms with Crippen LogP contribution in [0.15, 0.2) is 42.2 Å². The molecule has 3 N–H and O–H groups in total. The fourth-order valence-electron chi connectivity index (χ4n) is 5.17. The van der Waals surface area contributed by atoms with Crippen molar-refractivity contribution in [2.24, 2.45) is 0 Å². The molecule has 1 aromatic carbocycles. The van der Waals surface area contributed by atoms with Crippen LogP contribution in [-0.2, 0) is 11.3 Å². The van der Waals surface area contributed by atoms with E-state index in [9.17, 15) is 4.79 Å². The van der Waals surface area contributed by atoms with Gasteiger partial charge in [-0.2, -0.15) is 0 Å². The lowest BCUT2D eigenvalue weighted by Gasteiger charge is -2.25. The quantitative estimate of drug-likeness (QED) is 0.172. The van der Waals surface area contributed by atoms with Gasteiger partial charge in [0.1, 0.15) is 5.78 Å². The summed E-state index contributed by atoms with van der Waals surface area (Å²) in [5.41, 5.74) is 15.1. The fourth-order valence-corrected chi connectivity index (χ4v) is 5.17. The molecule has 0 saturated heterocycles. The number of nitrogens with zero attached hydrogens (tertiary/aromatic N) is 1. The zero-order valence-electron chi connectivity index (χ0n) is 24.0. The Hall–Kier alpha value is -2.88. The normalized spacial score (nSPS) is 13.8. The lowest BCUT2D eigenvalue weighted by Crippen LogP contribution is -2.07. The van der Waals surface area contributed by atoms with Gasteiger partial charge in [-0.1, -0.05) is 64.5 Å². The second-order valence-corrected chi connectivity index (χ2v) is 10.3. The lowest BCUT2D eigenvalue weighted by molar-refractivity contribution is -0.117. The number of aromatic nitrogens is 1. The van der Waals surface area contributed by atoms with Crippen LogP contribution in [-0.4, -0.2) is 16.6 Å². The van der Waals surface area contributed by atoms with Crippen molar-refractivity contribution in [3.63, 3.8) is 0 Å². The summed E-state index contributed by atoms with van der Waals surface area (Å²) < 4.78 is 2.10. The first-order chi connectivity index (χ1) is 17.9. The van der Waals surface area contributed by atoms with E-state index in [0.29, 0.717) is 18.7 Å². The second-order valence-electron chi connectivity index (χ2n) is 10.3. The van der Waals surface area contributed by atoms with Crippen LogP contribution in [0.3, 0.4) is 0 Å². The van der Waals surface area contributed by atoms with Gasteiger partial charge in [0.15, 0.2) is 0 Å². The molecule has 4 nitrogen and oxygen atoms in total. The molecule has 1 aliphatic carbocycles. The van der Waals surface area contributed by atoms with E-state index in [0.717, 1.165) is 30.4 Å². The van der Waals surface area contributed by atoms with Gasteiger partial charge in [-0.25, -0.2) is 0 Å². The number of Topliss-reactive ketones (excluding diaryl/α,β-unsaturated/α-hetero) is 1. The van der Waals surface area contributed by atoms with Crippen LogP contribution in [0.25, 0.3) is 11.1 Å². The summed E-state index contributed by atoms with van der Waals surface area (Å²) >= 11 is 0. The minimum absolute atomic E-state index is 0.208. The maximum Gasteiger partial charge on any atom is 0.131 e. The van der Waals surface area contributed by atoms with Crippen LogP contribution in [0.2, 0.25) is 0 Å². The molecule has 0 unspecified atom stereocenters. The number of unbranched alkanes of at least 4 members (excludes halogenated alkanes) is 5. The smallest absolute Gasteiger partial charge is 0.131 e. The Labute approximate surface area is 225 Å². The van der Waals surface area contributed by atoms with Gasteiger partial charge in [0, 0.05) is 42.8 Å². The van der Waals surface area contributed by atoms with Gasteiger partial charge < -0.3 is 15.7 Å². The average Bonchev–Trinajstić information content (AvgIpc) is 3.36. The molecule has 0 bridgehead atoms. The maximum atomic E-state index is 11.3. The summed E-state index contributed by atoms with van der Waals surface area (Å²) in [6.45, 7) is 11.1.